The van der Waals surface area contributed by atoms with E-state index in [1.807, 2.05) is 41.4 Å². The maximum absolute atomic E-state index is 12.8. The van der Waals surface area contributed by atoms with Gasteiger partial charge in [-0.25, -0.2) is 9.97 Å². The van der Waals surface area contributed by atoms with E-state index >= 15 is 0 Å². The van der Waals surface area contributed by atoms with Crippen molar-refractivity contribution in [2.75, 3.05) is 56.0 Å². The van der Waals surface area contributed by atoms with E-state index in [0.717, 1.165) is 35.5 Å². The van der Waals surface area contributed by atoms with Crippen LogP contribution in [0.5, 0.6) is 0 Å². The molecule has 196 valence electrons. The lowest BCUT2D eigenvalue weighted by atomic mass is 9.99. The van der Waals surface area contributed by atoms with Gasteiger partial charge in [-0.3, -0.25) is 9.78 Å². The predicted octanol–water partition coefficient (Wildman–Crippen LogP) is 2.17. The number of carbonyl (C=O) groups is 1. The molecule has 0 radical (unpaired) electrons. The first-order chi connectivity index (χ1) is 18.5. The van der Waals surface area contributed by atoms with Crippen molar-refractivity contribution in [2.45, 2.75) is 19.9 Å². The molecule has 2 aliphatic heterocycles. The topological polar surface area (TPSA) is 126 Å². The summed E-state index contributed by atoms with van der Waals surface area (Å²) in [7, 11) is 0. The van der Waals surface area contributed by atoms with Gasteiger partial charge in [-0.2, -0.15) is 5.26 Å². The highest BCUT2D eigenvalue weighted by molar-refractivity contribution is 6.02. The van der Waals surface area contributed by atoms with Gasteiger partial charge >= 0.3 is 0 Å². The van der Waals surface area contributed by atoms with E-state index in [4.69, 9.17) is 0 Å². The lowest BCUT2D eigenvalue weighted by molar-refractivity contribution is 0.0729. The SMILES string of the molecule is CC(C)C1CN(c2cnc(C(=O)N3CCNCC3)cn2)CCN1/C(=N\C#N)Nc1cccc2ncccc12. The van der Waals surface area contributed by atoms with Crippen LogP contribution < -0.4 is 15.5 Å². The Hall–Kier alpha value is -4.30. The quantitative estimate of drug-likeness (QED) is 0.307. The molecule has 1 unspecified atom stereocenters. The number of piperazine rings is 2. The number of aliphatic imine (C=N–C) groups is 1. The summed E-state index contributed by atoms with van der Waals surface area (Å²) in [4.78, 5) is 36.6. The Bertz CT molecular complexity index is 1340. The number of anilines is 2. The molecule has 11 heteroatoms. The summed E-state index contributed by atoms with van der Waals surface area (Å²) < 4.78 is 0. The third kappa shape index (κ3) is 5.35. The molecule has 2 aromatic heterocycles. The molecule has 11 nitrogen and oxygen atoms in total. The highest BCUT2D eigenvalue weighted by atomic mass is 16.2. The number of hydrogen-bond acceptors (Lipinski definition) is 8. The summed E-state index contributed by atoms with van der Waals surface area (Å²) >= 11 is 0. The molecule has 0 saturated carbocycles. The molecule has 4 heterocycles. The first-order valence-electron chi connectivity index (χ1n) is 13.0. The van der Waals surface area contributed by atoms with Gasteiger partial charge in [0.05, 0.1) is 29.6 Å². The van der Waals surface area contributed by atoms with Crippen LogP contribution in [0.15, 0.2) is 53.9 Å². The monoisotopic (exact) mass is 512 g/mol. The van der Waals surface area contributed by atoms with E-state index in [9.17, 15) is 10.1 Å². The molecule has 2 saturated heterocycles. The van der Waals surface area contributed by atoms with E-state index in [-0.39, 0.29) is 17.9 Å². The summed E-state index contributed by atoms with van der Waals surface area (Å²) in [6, 6.07) is 9.84. The van der Waals surface area contributed by atoms with Crippen LogP contribution in [0.25, 0.3) is 10.9 Å². The first kappa shape index (κ1) is 25.4. The second-order valence-electron chi connectivity index (χ2n) is 9.79. The zero-order chi connectivity index (χ0) is 26.5. The number of guanidine groups is 1. The average molecular weight is 513 g/mol. The average Bonchev–Trinajstić information content (AvgIpc) is 2.97. The fourth-order valence-electron chi connectivity index (χ4n) is 5.02. The number of hydrogen-bond donors (Lipinski definition) is 2. The Morgan fingerprint density at radius 2 is 1.95 bits per heavy atom. The van der Waals surface area contributed by atoms with Crippen molar-refractivity contribution in [3.63, 3.8) is 0 Å². The van der Waals surface area contributed by atoms with Gasteiger partial charge in [-0.05, 0) is 30.2 Å². The molecule has 1 aromatic carbocycles. The van der Waals surface area contributed by atoms with Crippen molar-refractivity contribution in [2.24, 2.45) is 10.9 Å². The second kappa shape index (κ2) is 11.4. The third-order valence-electron chi connectivity index (χ3n) is 7.09. The zero-order valence-corrected chi connectivity index (χ0v) is 21.7. The molecule has 1 atom stereocenters. The highest BCUT2D eigenvalue weighted by Crippen LogP contribution is 2.25. The zero-order valence-electron chi connectivity index (χ0n) is 21.7. The van der Waals surface area contributed by atoms with Crippen molar-refractivity contribution in [3.8, 4) is 6.19 Å². The number of nitrogens with zero attached hydrogens (tertiary/aromatic N) is 8. The summed E-state index contributed by atoms with van der Waals surface area (Å²) in [6.45, 7) is 9.26. The smallest absolute Gasteiger partial charge is 0.274 e. The molecule has 0 bridgehead atoms. The molecular weight excluding hydrogens is 480 g/mol. The number of nitriles is 1. The number of carbonyl (C=O) groups excluding carboxylic acids is 1. The molecule has 2 N–H and O–H groups in total. The number of pyridine rings is 1. The molecule has 2 fully saturated rings. The molecule has 5 rings (SSSR count). The Morgan fingerprint density at radius 3 is 2.68 bits per heavy atom. The van der Waals surface area contributed by atoms with Crippen LogP contribution in [0.3, 0.4) is 0 Å². The van der Waals surface area contributed by atoms with Crippen LogP contribution in [0, 0.1) is 17.4 Å². The van der Waals surface area contributed by atoms with Crippen LogP contribution in [0.2, 0.25) is 0 Å². The molecule has 38 heavy (non-hydrogen) atoms. The van der Waals surface area contributed by atoms with Gasteiger partial charge in [0, 0.05) is 57.4 Å². The van der Waals surface area contributed by atoms with Gasteiger partial charge in [0.2, 0.25) is 12.2 Å². The molecule has 2 aliphatic rings. The van der Waals surface area contributed by atoms with Crippen LogP contribution >= 0.6 is 0 Å². The molecule has 0 aliphatic carbocycles. The van der Waals surface area contributed by atoms with E-state index in [0.29, 0.717) is 44.4 Å². The number of amides is 1. The minimum atomic E-state index is -0.0810. The normalized spacial score (nSPS) is 18.5. The summed E-state index contributed by atoms with van der Waals surface area (Å²) in [5.74, 6) is 1.45. The Labute approximate surface area is 222 Å². The Morgan fingerprint density at radius 1 is 1.11 bits per heavy atom. The fourth-order valence-corrected chi connectivity index (χ4v) is 5.02. The van der Waals surface area contributed by atoms with E-state index < -0.39 is 0 Å². The van der Waals surface area contributed by atoms with Crippen LogP contribution in [0.1, 0.15) is 24.3 Å². The number of nitrogens with one attached hydrogen (secondary N) is 2. The van der Waals surface area contributed by atoms with Gasteiger partial charge in [-0.1, -0.05) is 19.9 Å². The lowest BCUT2D eigenvalue weighted by Gasteiger charge is -2.44. The first-order valence-corrected chi connectivity index (χ1v) is 13.0. The minimum absolute atomic E-state index is 0.0698. The number of rotatable bonds is 4. The number of benzene rings is 1. The fraction of sp³-hybridized carbons (Fsp3) is 0.407. The Kier molecular flexibility index (Phi) is 7.60. The summed E-state index contributed by atoms with van der Waals surface area (Å²) in [5, 5.41) is 17.1. The standard InChI is InChI=1S/C27H32N10O/c1-19(2)24-17-36(25-16-31-23(15-32-25)26(38)35-11-9-29-10-12-35)13-14-37(24)27(33-18-28)34-22-7-3-6-21-20(22)5-4-8-30-21/h3-8,15-16,19,24,29H,9-14,17H2,1-2H3,(H,33,34). The summed E-state index contributed by atoms with van der Waals surface area (Å²) in [6.07, 6.45) is 7.00. The molecular formula is C27H32N10O. The molecule has 0 spiro atoms. The predicted molar refractivity (Wildman–Crippen MR) is 147 cm³/mol. The van der Waals surface area contributed by atoms with Gasteiger partial charge in [0.25, 0.3) is 5.91 Å². The maximum Gasteiger partial charge on any atom is 0.274 e. The van der Waals surface area contributed by atoms with Gasteiger partial charge in [0.15, 0.2) is 0 Å². The number of aromatic nitrogens is 3. The second-order valence-corrected chi connectivity index (χ2v) is 9.79. The highest BCUT2D eigenvalue weighted by Gasteiger charge is 2.33. The van der Waals surface area contributed by atoms with Crippen LogP contribution in [-0.2, 0) is 0 Å². The largest absolute Gasteiger partial charge is 0.351 e. The van der Waals surface area contributed by atoms with E-state index in [2.05, 4.69) is 54.2 Å². The maximum atomic E-state index is 12.8. The van der Waals surface area contributed by atoms with E-state index in [1.54, 1.807) is 18.6 Å². The molecule has 3 aromatic rings. The third-order valence-corrected chi connectivity index (χ3v) is 7.09. The van der Waals surface area contributed by atoms with Crippen LogP contribution in [-0.4, -0.2) is 88.5 Å². The molecule has 1 amide bonds. The summed E-state index contributed by atoms with van der Waals surface area (Å²) in [5.41, 5.74) is 2.09. The lowest BCUT2D eigenvalue weighted by Crippen LogP contribution is -2.58. The minimum Gasteiger partial charge on any atom is -0.351 e. The van der Waals surface area contributed by atoms with Gasteiger partial charge < -0.3 is 25.3 Å². The number of fused-ring (bicyclic) bond motifs is 1. The van der Waals surface area contributed by atoms with Crippen molar-refractivity contribution >= 4 is 34.3 Å². The van der Waals surface area contributed by atoms with Crippen molar-refractivity contribution in [3.05, 3.63) is 54.6 Å². The Balaban J connectivity index is 1.32. The van der Waals surface area contributed by atoms with Crippen molar-refractivity contribution < 1.29 is 4.79 Å². The van der Waals surface area contributed by atoms with E-state index in [1.165, 1.54) is 0 Å². The van der Waals surface area contributed by atoms with Crippen molar-refractivity contribution in [1.82, 2.24) is 30.1 Å². The van der Waals surface area contributed by atoms with Crippen molar-refractivity contribution in [1.29, 1.82) is 5.26 Å². The van der Waals surface area contributed by atoms with Gasteiger partial charge in [-0.15, -0.1) is 4.99 Å². The van der Waals surface area contributed by atoms with Gasteiger partial charge in [0.1, 0.15) is 11.5 Å². The van der Waals surface area contributed by atoms with Crippen LogP contribution in [0.4, 0.5) is 11.5 Å².